The average molecular weight is 456 g/mol. The van der Waals surface area contributed by atoms with Crippen LogP contribution in [0.1, 0.15) is 65.5 Å². The van der Waals surface area contributed by atoms with Crippen LogP contribution in [0.4, 0.5) is 0 Å². The standard InChI is InChI=1S/C27H37NO5/c1-18(24-11-6-7-16-28-24)9-8-10-20(3)27-21(4)13-15-25(32-22(5)29)19(2)12-14-23(30)17-26(31)33-27/h6-11,13,15-16,18-19,21,23,25,27,30H,12,14,17H2,1-5H3/b9-8+,15-13+,20-10+/t18-,19+,21-,23-,25+,27+/m0/s1. The molecule has 2 rings (SSSR count). The van der Waals surface area contributed by atoms with Crippen molar-refractivity contribution >= 4 is 11.9 Å². The van der Waals surface area contributed by atoms with Gasteiger partial charge < -0.3 is 14.6 Å². The van der Waals surface area contributed by atoms with Crippen molar-refractivity contribution in [3.63, 3.8) is 0 Å². The SMILES string of the molecule is CC(=O)O[C@@H]1/C=C/[C@H](C)[C@@H](/C(C)=C/C=C/[C@H](C)c2ccccn2)OC(=O)C[C@@H](O)CC[C@H]1C. The number of hydrogen-bond acceptors (Lipinski definition) is 6. The lowest BCUT2D eigenvalue weighted by atomic mass is 9.92. The minimum Gasteiger partial charge on any atom is -0.458 e. The molecule has 1 N–H and O–H groups in total. The van der Waals surface area contributed by atoms with Gasteiger partial charge in [0.15, 0.2) is 0 Å². The van der Waals surface area contributed by atoms with Crippen molar-refractivity contribution in [2.45, 2.75) is 78.1 Å². The molecule has 0 radical (unpaired) electrons. The first-order chi connectivity index (χ1) is 15.7. The van der Waals surface area contributed by atoms with E-state index in [9.17, 15) is 14.7 Å². The van der Waals surface area contributed by atoms with Crippen LogP contribution in [0.3, 0.4) is 0 Å². The van der Waals surface area contributed by atoms with Gasteiger partial charge in [-0.15, -0.1) is 0 Å². The monoisotopic (exact) mass is 455 g/mol. The molecule has 1 aliphatic rings. The smallest absolute Gasteiger partial charge is 0.309 e. The maximum Gasteiger partial charge on any atom is 0.309 e. The summed E-state index contributed by atoms with van der Waals surface area (Å²) in [5.74, 6) is -0.742. The molecule has 0 amide bonds. The highest BCUT2D eigenvalue weighted by Gasteiger charge is 2.26. The highest BCUT2D eigenvalue weighted by molar-refractivity contribution is 5.70. The van der Waals surface area contributed by atoms with Crippen molar-refractivity contribution in [3.8, 4) is 0 Å². The summed E-state index contributed by atoms with van der Waals surface area (Å²) >= 11 is 0. The number of carbonyl (C=O) groups excluding carboxylic acids is 2. The van der Waals surface area contributed by atoms with Crippen LogP contribution < -0.4 is 0 Å². The summed E-state index contributed by atoms with van der Waals surface area (Å²) in [4.78, 5) is 28.5. The van der Waals surface area contributed by atoms with Crippen LogP contribution in [0.25, 0.3) is 0 Å². The van der Waals surface area contributed by atoms with Gasteiger partial charge in [-0.25, -0.2) is 0 Å². The maximum absolute atomic E-state index is 12.5. The Bertz CT molecular complexity index is 861. The molecule has 0 bridgehead atoms. The predicted octanol–water partition coefficient (Wildman–Crippen LogP) is 4.90. The Hall–Kier alpha value is -2.73. The average Bonchev–Trinajstić information content (AvgIpc) is 2.77. The van der Waals surface area contributed by atoms with Crippen LogP contribution >= 0.6 is 0 Å². The van der Waals surface area contributed by atoms with E-state index < -0.39 is 24.3 Å². The Morgan fingerprint density at radius 2 is 2.00 bits per heavy atom. The molecule has 6 atom stereocenters. The van der Waals surface area contributed by atoms with Gasteiger partial charge in [-0.05, 0) is 49.5 Å². The van der Waals surface area contributed by atoms with E-state index in [4.69, 9.17) is 9.47 Å². The molecule has 0 aromatic carbocycles. The molecule has 2 heterocycles. The quantitative estimate of drug-likeness (QED) is 0.386. The summed E-state index contributed by atoms with van der Waals surface area (Å²) in [7, 11) is 0. The number of aliphatic hydroxyl groups is 1. The normalized spacial score (nSPS) is 29.5. The molecule has 1 aromatic heterocycles. The molecule has 6 heteroatoms. The number of hydrogen-bond donors (Lipinski definition) is 1. The number of pyridine rings is 1. The van der Waals surface area contributed by atoms with Crippen LogP contribution in [-0.2, 0) is 19.1 Å². The Morgan fingerprint density at radius 1 is 1.24 bits per heavy atom. The van der Waals surface area contributed by atoms with Gasteiger partial charge in [0.25, 0.3) is 0 Å². The number of cyclic esters (lactones) is 1. The van der Waals surface area contributed by atoms with Crippen molar-refractivity contribution < 1.29 is 24.2 Å². The van der Waals surface area contributed by atoms with E-state index in [1.165, 1.54) is 6.92 Å². The van der Waals surface area contributed by atoms with E-state index in [0.29, 0.717) is 12.8 Å². The molecule has 1 aliphatic heterocycles. The predicted molar refractivity (Wildman–Crippen MR) is 128 cm³/mol. The molecule has 0 unspecified atom stereocenters. The number of aromatic nitrogens is 1. The van der Waals surface area contributed by atoms with E-state index in [2.05, 4.69) is 11.9 Å². The van der Waals surface area contributed by atoms with Crippen molar-refractivity contribution in [1.82, 2.24) is 4.98 Å². The first-order valence-electron chi connectivity index (χ1n) is 11.7. The molecule has 1 aromatic rings. The molecule has 0 aliphatic carbocycles. The summed E-state index contributed by atoms with van der Waals surface area (Å²) in [5.41, 5.74) is 1.86. The number of rotatable bonds is 5. The van der Waals surface area contributed by atoms with Crippen LogP contribution in [0.5, 0.6) is 0 Å². The molecule has 0 saturated heterocycles. The molecule has 0 fully saturated rings. The van der Waals surface area contributed by atoms with Gasteiger partial charge >= 0.3 is 11.9 Å². The Kier molecular flexibility index (Phi) is 10.5. The van der Waals surface area contributed by atoms with Crippen LogP contribution in [0.2, 0.25) is 0 Å². The molecule has 33 heavy (non-hydrogen) atoms. The van der Waals surface area contributed by atoms with Gasteiger partial charge in [0.2, 0.25) is 0 Å². The number of allylic oxidation sites excluding steroid dienone is 3. The fraction of sp³-hybridized carbons (Fsp3) is 0.519. The van der Waals surface area contributed by atoms with Gasteiger partial charge in [-0.3, -0.25) is 14.6 Å². The fourth-order valence-electron chi connectivity index (χ4n) is 3.85. The van der Waals surface area contributed by atoms with Crippen LogP contribution in [0.15, 0.2) is 60.3 Å². The van der Waals surface area contributed by atoms with Gasteiger partial charge in [-0.2, -0.15) is 0 Å². The number of esters is 2. The third kappa shape index (κ3) is 8.97. The molecule has 0 spiro atoms. The van der Waals surface area contributed by atoms with Gasteiger partial charge in [0.1, 0.15) is 12.2 Å². The first kappa shape index (κ1) is 26.5. The topological polar surface area (TPSA) is 85.7 Å². The lowest BCUT2D eigenvalue weighted by Crippen LogP contribution is -2.30. The second-order valence-electron chi connectivity index (χ2n) is 8.98. The van der Waals surface area contributed by atoms with Crippen LogP contribution in [-0.4, -0.2) is 40.3 Å². The maximum atomic E-state index is 12.5. The van der Waals surface area contributed by atoms with Crippen molar-refractivity contribution in [1.29, 1.82) is 0 Å². The number of carbonyl (C=O) groups is 2. The third-order valence-electron chi connectivity index (χ3n) is 5.92. The second-order valence-corrected chi connectivity index (χ2v) is 8.98. The Labute approximate surface area is 197 Å². The molecule has 180 valence electrons. The van der Waals surface area contributed by atoms with E-state index in [0.717, 1.165) is 11.3 Å². The zero-order valence-electron chi connectivity index (χ0n) is 20.3. The summed E-state index contributed by atoms with van der Waals surface area (Å²) in [6.45, 7) is 9.33. The lowest BCUT2D eigenvalue weighted by Gasteiger charge is -2.27. The number of aliphatic hydroxyl groups excluding tert-OH is 1. The van der Waals surface area contributed by atoms with E-state index in [-0.39, 0.29) is 30.1 Å². The third-order valence-corrected chi connectivity index (χ3v) is 5.92. The summed E-state index contributed by atoms with van der Waals surface area (Å²) in [5, 5.41) is 10.3. The summed E-state index contributed by atoms with van der Waals surface area (Å²) < 4.78 is 11.3. The van der Waals surface area contributed by atoms with Gasteiger partial charge in [0, 0.05) is 30.7 Å². The molecule has 6 nitrogen and oxygen atoms in total. The summed E-state index contributed by atoms with van der Waals surface area (Å²) in [6.07, 6.45) is 10.9. The largest absolute Gasteiger partial charge is 0.458 e. The minimum atomic E-state index is -0.791. The lowest BCUT2D eigenvalue weighted by molar-refractivity contribution is -0.151. The molecular weight excluding hydrogens is 418 g/mol. The fourth-order valence-corrected chi connectivity index (χ4v) is 3.85. The zero-order chi connectivity index (χ0) is 24.4. The van der Waals surface area contributed by atoms with E-state index >= 15 is 0 Å². The second kappa shape index (κ2) is 13.1. The summed E-state index contributed by atoms with van der Waals surface area (Å²) in [6, 6.07) is 5.84. The molecular formula is C27H37NO5. The number of ether oxygens (including phenoxy) is 2. The Balaban J connectivity index is 2.24. The van der Waals surface area contributed by atoms with E-state index in [1.54, 1.807) is 6.20 Å². The zero-order valence-corrected chi connectivity index (χ0v) is 20.3. The Morgan fingerprint density at radius 3 is 2.67 bits per heavy atom. The van der Waals surface area contributed by atoms with Crippen molar-refractivity contribution in [2.75, 3.05) is 0 Å². The highest BCUT2D eigenvalue weighted by Crippen LogP contribution is 2.24. The highest BCUT2D eigenvalue weighted by atomic mass is 16.5. The van der Waals surface area contributed by atoms with Crippen molar-refractivity contribution in [2.24, 2.45) is 11.8 Å². The first-order valence-corrected chi connectivity index (χ1v) is 11.7. The van der Waals surface area contributed by atoms with Crippen molar-refractivity contribution in [3.05, 3.63) is 66.0 Å². The van der Waals surface area contributed by atoms with Gasteiger partial charge in [-0.1, -0.05) is 51.1 Å². The van der Waals surface area contributed by atoms with Gasteiger partial charge in [0.05, 0.1) is 12.5 Å². The molecule has 0 saturated carbocycles. The minimum absolute atomic E-state index is 0.0218. The number of nitrogens with zero attached hydrogens (tertiary/aromatic N) is 1. The van der Waals surface area contributed by atoms with Crippen LogP contribution in [0, 0.1) is 11.8 Å². The van der Waals surface area contributed by atoms with E-state index in [1.807, 2.05) is 69.4 Å².